The predicted octanol–water partition coefficient (Wildman–Crippen LogP) is 5.80. The largest absolute Gasteiger partial charge is 0.497 e. The number of ether oxygens (including phenoxy) is 5. The molecule has 1 aliphatic rings. The lowest BCUT2D eigenvalue weighted by Crippen LogP contribution is -2.36. The topological polar surface area (TPSA) is 80.3 Å². The van der Waals surface area contributed by atoms with Gasteiger partial charge in [0.2, 0.25) is 6.79 Å². The van der Waals surface area contributed by atoms with E-state index in [-0.39, 0.29) is 6.79 Å². The van der Waals surface area contributed by atoms with Gasteiger partial charge in [-0.15, -0.1) is 11.6 Å². The van der Waals surface area contributed by atoms with Gasteiger partial charge in [-0.1, -0.05) is 18.7 Å². The zero-order chi connectivity index (χ0) is 25.6. The molecule has 0 fully saturated rings. The molecule has 0 aliphatic carbocycles. The third kappa shape index (κ3) is 5.20. The number of methoxy groups -OCH3 is 1. The summed E-state index contributed by atoms with van der Waals surface area (Å²) in [4.78, 5) is 23.0. The molecule has 0 saturated heterocycles. The van der Waals surface area contributed by atoms with Crippen LogP contribution in [0.5, 0.6) is 23.0 Å². The van der Waals surface area contributed by atoms with Gasteiger partial charge in [0, 0.05) is 41.6 Å². The summed E-state index contributed by atoms with van der Waals surface area (Å²) in [6, 6.07) is 10.3. The molecule has 0 bridgehead atoms. The second-order valence-corrected chi connectivity index (χ2v) is 7.99. The Hall–Kier alpha value is -3.71. The zero-order valence-electron chi connectivity index (χ0n) is 20.1. The molecular weight excluding hydrogens is 472 g/mol. The van der Waals surface area contributed by atoms with Crippen molar-refractivity contribution in [3.05, 3.63) is 83.0 Å². The molecule has 2 aromatic carbocycles. The minimum Gasteiger partial charge on any atom is -0.497 e. The summed E-state index contributed by atoms with van der Waals surface area (Å²) in [5, 5.41) is 0. The van der Waals surface area contributed by atoms with E-state index in [1.807, 2.05) is 26.0 Å². The van der Waals surface area contributed by atoms with Crippen LogP contribution in [0.4, 0.5) is 0 Å². The fourth-order valence-electron chi connectivity index (χ4n) is 3.85. The average molecular weight is 499 g/mol. The summed E-state index contributed by atoms with van der Waals surface area (Å²) in [5.41, 5.74) is 1.92. The molecule has 0 spiro atoms. The number of carbonyl (C=O) groups excluding carboxylic acids is 2. The molecule has 3 rings (SSSR count). The molecule has 1 unspecified atom stereocenters. The van der Waals surface area contributed by atoms with E-state index < -0.39 is 11.6 Å². The van der Waals surface area contributed by atoms with Crippen molar-refractivity contribution in [2.45, 2.75) is 26.4 Å². The number of rotatable bonds is 10. The Bertz CT molecular complexity index is 1200. The van der Waals surface area contributed by atoms with Crippen molar-refractivity contribution in [1.82, 2.24) is 0 Å². The van der Waals surface area contributed by atoms with E-state index >= 15 is 0 Å². The highest BCUT2D eigenvalue weighted by atomic mass is 35.5. The number of esters is 1. The summed E-state index contributed by atoms with van der Waals surface area (Å²) >= 11 is 6.06. The van der Waals surface area contributed by atoms with E-state index in [0.717, 1.165) is 11.1 Å². The predicted molar refractivity (Wildman–Crippen MR) is 132 cm³/mol. The molecule has 35 heavy (non-hydrogen) atoms. The van der Waals surface area contributed by atoms with E-state index in [4.69, 9.17) is 35.3 Å². The number of benzene rings is 2. The Morgan fingerprint density at radius 1 is 1.11 bits per heavy atom. The van der Waals surface area contributed by atoms with E-state index in [9.17, 15) is 9.59 Å². The van der Waals surface area contributed by atoms with Crippen LogP contribution in [0.15, 0.2) is 71.8 Å². The highest BCUT2D eigenvalue weighted by Crippen LogP contribution is 2.54. The van der Waals surface area contributed by atoms with Crippen molar-refractivity contribution in [3.8, 4) is 23.0 Å². The molecule has 0 amide bonds. The van der Waals surface area contributed by atoms with Crippen LogP contribution >= 0.6 is 11.6 Å². The van der Waals surface area contributed by atoms with Crippen molar-refractivity contribution in [1.29, 1.82) is 0 Å². The van der Waals surface area contributed by atoms with Crippen LogP contribution in [0, 0.1) is 0 Å². The number of hydrogen-bond acceptors (Lipinski definition) is 7. The first-order chi connectivity index (χ1) is 16.8. The van der Waals surface area contributed by atoms with Gasteiger partial charge in [-0.2, -0.15) is 0 Å². The number of hydrogen-bond donors (Lipinski definition) is 0. The monoisotopic (exact) mass is 498 g/mol. The summed E-state index contributed by atoms with van der Waals surface area (Å²) in [5.74, 6) is 1.62. The van der Waals surface area contributed by atoms with Crippen LogP contribution in [0.25, 0.3) is 0 Å². The second-order valence-electron chi connectivity index (χ2n) is 7.72. The minimum atomic E-state index is -1.39. The lowest BCUT2D eigenvalue weighted by molar-refractivity contribution is -0.147. The van der Waals surface area contributed by atoms with Crippen LogP contribution in [-0.2, 0) is 24.7 Å². The highest BCUT2D eigenvalue weighted by molar-refractivity contribution is 6.19. The highest BCUT2D eigenvalue weighted by Gasteiger charge is 2.47. The average Bonchev–Trinajstić information content (AvgIpc) is 2.85. The molecule has 0 N–H and O–H groups in total. The van der Waals surface area contributed by atoms with E-state index in [2.05, 4.69) is 6.58 Å². The Morgan fingerprint density at radius 3 is 2.29 bits per heavy atom. The van der Waals surface area contributed by atoms with Crippen molar-refractivity contribution >= 4 is 24.0 Å². The standard InChI is InChI=1S/C27H27ClO7/c1-6-20(14-28)11-17(2)18(3)27(34-15-29)23-9-7-21(31-5)12-25(23)35-26-13-22(8-10-24(26)27)33-16-32-19(4)30/h6-13,15H,3,14,16H2,1-2,4-5H3/b17-11-,20-6+. The summed E-state index contributed by atoms with van der Waals surface area (Å²) in [7, 11) is 1.55. The number of fused-ring (bicyclic) bond motifs is 2. The van der Waals surface area contributed by atoms with Gasteiger partial charge in [-0.05, 0) is 49.3 Å². The van der Waals surface area contributed by atoms with Gasteiger partial charge in [0.1, 0.15) is 23.0 Å². The van der Waals surface area contributed by atoms with Crippen LogP contribution < -0.4 is 14.2 Å². The molecular formula is C27H27ClO7. The molecule has 0 saturated carbocycles. The molecule has 1 atom stereocenters. The quantitative estimate of drug-likeness (QED) is 0.134. The SMILES string of the molecule is C=C(/C(C)=C\C(=C/C)CCl)C1(OC=O)c2ccc(OC)cc2Oc2cc(OCOC(C)=O)ccc21. The molecule has 1 heterocycles. The molecule has 184 valence electrons. The smallest absolute Gasteiger partial charge is 0.305 e. The molecule has 0 aromatic heterocycles. The summed E-state index contributed by atoms with van der Waals surface area (Å²) in [6.07, 6.45) is 3.81. The van der Waals surface area contributed by atoms with Gasteiger partial charge < -0.3 is 23.7 Å². The zero-order valence-corrected chi connectivity index (χ0v) is 20.8. The first-order valence-corrected chi connectivity index (χ1v) is 11.3. The van der Waals surface area contributed by atoms with Crippen molar-refractivity contribution in [3.63, 3.8) is 0 Å². The molecule has 1 aliphatic heterocycles. The van der Waals surface area contributed by atoms with Crippen LogP contribution in [0.3, 0.4) is 0 Å². The number of carbonyl (C=O) groups is 2. The third-order valence-corrected chi connectivity index (χ3v) is 5.97. The number of halogens is 1. The van der Waals surface area contributed by atoms with Crippen molar-refractivity contribution in [2.75, 3.05) is 19.8 Å². The van der Waals surface area contributed by atoms with Crippen molar-refractivity contribution in [2.24, 2.45) is 0 Å². The second kappa shape index (κ2) is 11.1. The minimum absolute atomic E-state index is 0.256. The fraction of sp³-hybridized carbons (Fsp3) is 0.259. The third-order valence-electron chi connectivity index (χ3n) is 5.66. The maximum absolute atomic E-state index is 11.9. The Labute approximate surface area is 209 Å². The first kappa shape index (κ1) is 25.9. The van der Waals surface area contributed by atoms with Crippen LogP contribution in [-0.4, -0.2) is 32.2 Å². The molecule has 7 nitrogen and oxygen atoms in total. The Balaban J connectivity index is 2.21. The Kier molecular flexibility index (Phi) is 8.25. The summed E-state index contributed by atoms with van der Waals surface area (Å²) in [6.45, 7) is 9.52. The van der Waals surface area contributed by atoms with E-state index in [0.29, 0.717) is 52.1 Å². The molecule has 8 heteroatoms. The maximum atomic E-state index is 11.9. The summed E-state index contributed by atoms with van der Waals surface area (Å²) < 4.78 is 27.8. The molecule has 2 aromatic rings. The van der Waals surface area contributed by atoms with Gasteiger partial charge in [0.15, 0.2) is 5.60 Å². The first-order valence-electron chi connectivity index (χ1n) is 10.8. The van der Waals surface area contributed by atoms with Gasteiger partial charge >= 0.3 is 5.97 Å². The van der Waals surface area contributed by atoms with Gasteiger partial charge in [0.25, 0.3) is 6.47 Å². The van der Waals surface area contributed by atoms with Crippen molar-refractivity contribution < 1.29 is 33.3 Å². The van der Waals surface area contributed by atoms with Crippen LogP contribution in [0.2, 0.25) is 0 Å². The van der Waals surface area contributed by atoms with E-state index in [1.54, 1.807) is 43.5 Å². The van der Waals surface area contributed by atoms with Gasteiger partial charge in [0.05, 0.1) is 7.11 Å². The normalized spacial score (nSPS) is 16.8. The van der Waals surface area contributed by atoms with E-state index in [1.165, 1.54) is 6.92 Å². The van der Waals surface area contributed by atoms with Crippen LogP contribution in [0.1, 0.15) is 31.9 Å². The van der Waals surface area contributed by atoms with Gasteiger partial charge in [-0.3, -0.25) is 9.59 Å². The Morgan fingerprint density at radius 2 is 1.74 bits per heavy atom. The lowest BCUT2D eigenvalue weighted by Gasteiger charge is -2.40. The fourth-order valence-corrected chi connectivity index (χ4v) is 4.09. The lowest BCUT2D eigenvalue weighted by atomic mass is 9.75. The molecule has 0 radical (unpaired) electrons. The van der Waals surface area contributed by atoms with Gasteiger partial charge in [-0.25, -0.2) is 0 Å². The maximum Gasteiger partial charge on any atom is 0.305 e. The number of alkyl halides is 1. The number of allylic oxidation sites excluding steroid dienone is 3.